The van der Waals surface area contributed by atoms with Crippen molar-refractivity contribution in [1.29, 1.82) is 0 Å². The Morgan fingerprint density at radius 2 is 1.07 bits per heavy atom. The van der Waals surface area contributed by atoms with Crippen LogP contribution in [0, 0.1) is 13.8 Å². The average molecular weight is 457 g/mol. The first-order chi connectivity index (χ1) is 12.7. The zero-order valence-corrected chi connectivity index (χ0v) is 21.2. The van der Waals surface area contributed by atoms with Crippen molar-refractivity contribution in [2.75, 3.05) is 0 Å². The number of halogens is 2. The number of benzene rings is 2. The second-order valence-corrected chi connectivity index (χ2v) is 16.9. The van der Waals surface area contributed by atoms with E-state index in [1.807, 2.05) is 0 Å². The van der Waals surface area contributed by atoms with E-state index < -0.39 is 15.2 Å². The van der Waals surface area contributed by atoms with Gasteiger partial charge in [0.05, 0.1) is 0 Å². The van der Waals surface area contributed by atoms with Crippen LogP contribution >= 0.6 is 18.6 Å². The van der Waals surface area contributed by atoms with Crippen molar-refractivity contribution in [3.63, 3.8) is 0 Å². The van der Waals surface area contributed by atoms with Gasteiger partial charge in [-0.25, -0.2) is 0 Å². The predicted octanol–water partition coefficient (Wildman–Crippen LogP) is 7.55. The third-order valence-corrected chi connectivity index (χ3v) is 7.71. The van der Waals surface area contributed by atoms with Gasteiger partial charge in [0, 0.05) is 0 Å². The number of fused-ring (bicyclic) bond motifs is 2. The van der Waals surface area contributed by atoms with Crippen LogP contribution in [-0.4, -0.2) is 0 Å². The first-order valence-corrected chi connectivity index (χ1v) is 15.3. The molecule has 1 aliphatic heterocycles. The molecule has 152 valence electrons. The maximum atomic E-state index is 6.74. The molecule has 0 unspecified atom stereocenters. The molecular weight excluding hydrogens is 427 g/mol. The second kappa shape index (κ2) is 7.23. The van der Waals surface area contributed by atoms with Crippen LogP contribution in [0.4, 0.5) is 0 Å². The fourth-order valence-corrected chi connectivity index (χ4v) is 6.61. The van der Waals surface area contributed by atoms with Crippen molar-refractivity contribution in [3.05, 3.63) is 57.6 Å². The summed E-state index contributed by atoms with van der Waals surface area (Å²) in [6, 6.07) is 8.71. The summed E-state index contributed by atoms with van der Waals surface area (Å²) in [5.41, 5.74) is 6.72. The van der Waals surface area contributed by atoms with Gasteiger partial charge in [0.1, 0.15) is 0 Å². The summed E-state index contributed by atoms with van der Waals surface area (Å²) in [7, 11) is 13.5. The van der Waals surface area contributed by atoms with Crippen molar-refractivity contribution in [2.45, 2.75) is 72.6 Å². The molecule has 0 saturated carbocycles. The molecule has 0 saturated heterocycles. The van der Waals surface area contributed by atoms with Gasteiger partial charge in [-0.1, -0.05) is 0 Å². The number of hydrogen-bond acceptors (Lipinski definition) is 2. The Hall–Kier alpha value is -0.666. The van der Waals surface area contributed by atoms with Crippen LogP contribution < -0.4 is 6.64 Å². The van der Waals surface area contributed by atoms with Crippen molar-refractivity contribution in [2.24, 2.45) is 0 Å². The van der Waals surface area contributed by atoms with E-state index >= 15 is 0 Å². The molecule has 0 atom stereocenters. The van der Waals surface area contributed by atoms with E-state index in [-0.39, 0.29) is 10.8 Å². The topological polar surface area (TPSA) is 18.5 Å². The van der Waals surface area contributed by atoms with E-state index in [0.717, 1.165) is 40.2 Å². The minimum absolute atomic E-state index is 0.0899. The summed E-state index contributed by atoms with van der Waals surface area (Å²) in [4.78, 5) is 0. The Morgan fingerprint density at radius 1 is 0.714 bits per heavy atom. The fourth-order valence-electron chi connectivity index (χ4n) is 3.78. The summed E-state index contributed by atoms with van der Waals surface area (Å²) in [5.74, 6) is 1.60. The molecular formula is C23H30Cl2O2Ti. The number of aryl methyl sites for hydroxylation is 2. The Labute approximate surface area is 181 Å². The summed E-state index contributed by atoms with van der Waals surface area (Å²) >= 11 is -4.07. The van der Waals surface area contributed by atoms with E-state index in [1.54, 1.807) is 0 Å². The molecule has 28 heavy (non-hydrogen) atoms. The van der Waals surface area contributed by atoms with Gasteiger partial charge >= 0.3 is 182 Å². The van der Waals surface area contributed by atoms with Crippen LogP contribution in [0.3, 0.4) is 0 Å². The summed E-state index contributed by atoms with van der Waals surface area (Å²) in [6.45, 7) is 17.3. The second-order valence-electron chi connectivity index (χ2n) is 9.95. The molecule has 0 bridgehead atoms. The van der Waals surface area contributed by atoms with Gasteiger partial charge in [0.25, 0.3) is 0 Å². The van der Waals surface area contributed by atoms with Crippen molar-refractivity contribution < 1.29 is 21.9 Å². The SMILES string of the molecule is Cc1cc2c(c(C(C)(C)C)c1)[O][Ti]([Cl])([Cl])[O]c1c(cc(C)cc1C(C)(C)C)C2. The third kappa shape index (κ3) is 4.56. The van der Waals surface area contributed by atoms with Crippen LogP contribution in [0.5, 0.6) is 11.5 Å². The first kappa shape index (κ1) is 22.0. The van der Waals surface area contributed by atoms with E-state index in [4.69, 9.17) is 25.2 Å². The molecule has 0 fully saturated rings. The zero-order chi connectivity index (χ0) is 21.1. The van der Waals surface area contributed by atoms with Crippen molar-refractivity contribution in [3.8, 4) is 11.5 Å². The molecule has 1 aliphatic rings. The van der Waals surface area contributed by atoms with Gasteiger partial charge in [0.2, 0.25) is 0 Å². The van der Waals surface area contributed by atoms with Gasteiger partial charge in [-0.2, -0.15) is 0 Å². The van der Waals surface area contributed by atoms with E-state index in [2.05, 4.69) is 79.7 Å². The van der Waals surface area contributed by atoms with Gasteiger partial charge in [-0.3, -0.25) is 0 Å². The fraction of sp³-hybridized carbons (Fsp3) is 0.478. The van der Waals surface area contributed by atoms with Crippen LogP contribution in [0.1, 0.15) is 74.9 Å². The third-order valence-electron chi connectivity index (χ3n) is 5.06. The van der Waals surface area contributed by atoms with Gasteiger partial charge in [0.15, 0.2) is 0 Å². The molecule has 0 aliphatic carbocycles. The van der Waals surface area contributed by atoms with E-state index in [1.165, 1.54) is 11.1 Å². The molecule has 2 nitrogen and oxygen atoms in total. The summed E-state index contributed by atoms with van der Waals surface area (Å²) in [6.07, 6.45) is 0.728. The van der Waals surface area contributed by atoms with Gasteiger partial charge in [-0.05, 0) is 0 Å². The van der Waals surface area contributed by atoms with Crippen LogP contribution in [0.25, 0.3) is 0 Å². The molecule has 1 heterocycles. The Kier molecular flexibility index (Phi) is 5.69. The maximum absolute atomic E-state index is 6.74. The molecule has 0 spiro atoms. The normalized spacial score (nSPS) is 16.2. The van der Waals surface area contributed by atoms with E-state index in [9.17, 15) is 0 Å². The minimum atomic E-state index is -4.07. The monoisotopic (exact) mass is 456 g/mol. The molecule has 2 aromatic rings. The first-order valence-electron chi connectivity index (χ1n) is 9.71. The standard InChI is InChI=1S/C23H32O2.2ClH.Ti/c1-14-9-16(20(24)18(11-14)22(3,4)5)13-17-10-15(2)12-19(21(17)25)23(6,7)8;;;/h9-12,24-25H,13H2,1-8H3;2*1H;/q;;;+4/p-4. The zero-order valence-electron chi connectivity index (χ0n) is 18.1. The van der Waals surface area contributed by atoms with E-state index in [0.29, 0.717) is 0 Å². The molecule has 0 amide bonds. The predicted molar refractivity (Wildman–Crippen MR) is 116 cm³/mol. The van der Waals surface area contributed by atoms with Crippen LogP contribution in [-0.2, 0) is 32.5 Å². The number of rotatable bonds is 0. The Morgan fingerprint density at radius 3 is 1.39 bits per heavy atom. The van der Waals surface area contributed by atoms with Crippen molar-refractivity contribution >= 4 is 18.6 Å². The molecule has 0 radical (unpaired) electrons. The molecule has 3 rings (SSSR count). The summed E-state index contributed by atoms with van der Waals surface area (Å²) < 4.78 is 12.6. The van der Waals surface area contributed by atoms with Gasteiger partial charge < -0.3 is 0 Å². The quantitative estimate of drug-likeness (QED) is 0.381. The van der Waals surface area contributed by atoms with Crippen LogP contribution in [0.2, 0.25) is 0 Å². The average Bonchev–Trinajstić information content (AvgIpc) is 2.48. The van der Waals surface area contributed by atoms with Gasteiger partial charge in [-0.15, -0.1) is 0 Å². The number of hydrogen-bond donors (Lipinski definition) is 0. The van der Waals surface area contributed by atoms with Crippen molar-refractivity contribution in [1.82, 2.24) is 0 Å². The molecule has 0 N–H and O–H groups in total. The molecule has 0 aromatic heterocycles. The van der Waals surface area contributed by atoms with Crippen LogP contribution in [0.15, 0.2) is 24.3 Å². The summed E-state index contributed by atoms with van der Waals surface area (Å²) in [5, 5.41) is 0. The Balaban J connectivity index is 2.31. The molecule has 5 heteroatoms. The Bertz CT molecular complexity index is 848. The molecule has 2 aromatic carbocycles.